The van der Waals surface area contributed by atoms with E-state index in [1.165, 1.54) is 12.1 Å². The number of amides is 2. The largest absolute Gasteiger partial charge is 0.383 e. The van der Waals surface area contributed by atoms with Gasteiger partial charge in [0.05, 0.1) is 13.2 Å². The van der Waals surface area contributed by atoms with E-state index in [0.29, 0.717) is 31.3 Å². The molecule has 160 valence electrons. The highest BCUT2D eigenvalue weighted by Crippen LogP contribution is 2.32. The van der Waals surface area contributed by atoms with Gasteiger partial charge in [0.2, 0.25) is 11.8 Å². The van der Waals surface area contributed by atoms with Gasteiger partial charge in [-0.3, -0.25) is 14.5 Å². The molecule has 2 heterocycles. The van der Waals surface area contributed by atoms with E-state index in [0.717, 1.165) is 51.7 Å². The molecule has 0 spiro atoms. The molecule has 1 N–H and O–H groups in total. The van der Waals surface area contributed by atoms with Gasteiger partial charge in [-0.25, -0.2) is 4.39 Å². The minimum atomic E-state index is -0.320. The Morgan fingerprint density at radius 3 is 2.55 bits per heavy atom. The van der Waals surface area contributed by atoms with Crippen LogP contribution in [0, 0.1) is 17.7 Å². The van der Waals surface area contributed by atoms with Gasteiger partial charge in [-0.2, -0.15) is 0 Å². The number of halogens is 1. The zero-order valence-corrected chi connectivity index (χ0v) is 17.2. The predicted octanol–water partition coefficient (Wildman–Crippen LogP) is 2.75. The van der Waals surface area contributed by atoms with Gasteiger partial charge in [-0.05, 0) is 69.0 Å². The Labute approximate surface area is 172 Å². The van der Waals surface area contributed by atoms with Crippen molar-refractivity contribution in [2.75, 3.05) is 51.8 Å². The van der Waals surface area contributed by atoms with Crippen molar-refractivity contribution in [3.05, 3.63) is 30.1 Å². The molecule has 2 saturated heterocycles. The second-order valence-corrected chi connectivity index (χ2v) is 8.09. The molecule has 0 saturated carbocycles. The lowest BCUT2D eigenvalue weighted by Crippen LogP contribution is -2.44. The van der Waals surface area contributed by atoms with Crippen LogP contribution >= 0.6 is 0 Å². The maximum atomic E-state index is 13.0. The van der Waals surface area contributed by atoms with Crippen molar-refractivity contribution in [1.82, 2.24) is 9.80 Å². The van der Waals surface area contributed by atoms with E-state index < -0.39 is 0 Å². The average Bonchev–Trinajstić information content (AvgIpc) is 2.90. The number of hydrogen-bond acceptors (Lipinski definition) is 4. The van der Waals surface area contributed by atoms with E-state index in [1.54, 1.807) is 19.2 Å². The first-order valence-corrected chi connectivity index (χ1v) is 10.6. The summed E-state index contributed by atoms with van der Waals surface area (Å²) in [5, 5.41) is 2.81. The van der Waals surface area contributed by atoms with Crippen molar-refractivity contribution in [3.63, 3.8) is 0 Å². The van der Waals surface area contributed by atoms with E-state index in [1.807, 2.05) is 4.90 Å². The molecule has 2 amide bonds. The van der Waals surface area contributed by atoms with Gasteiger partial charge in [-0.1, -0.05) is 6.42 Å². The molecule has 1 unspecified atom stereocenters. The summed E-state index contributed by atoms with van der Waals surface area (Å²) in [5.41, 5.74) is 0.603. The highest BCUT2D eigenvalue weighted by Gasteiger charge is 2.35. The number of rotatable bonds is 7. The molecule has 29 heavy (non-hydrogen) atoms. The topological polar surface area (TPSA) is 61.9 Å². The van der Waals surface area contributed by atoms with E-state index in [-0.39, 0.29) is 23.5 Å². The number of nitrogens with one attached hydrogen (secondary N) is 1. The van der Waals surface area contributed by atoms with E-state index >= 15 is 0 Å². The molecule has 2 fully saturated rings. The Bertz CT molecular complexity index is 674. The molecule has 2 aliphatic rings. The number of benzene rings is 1. The summed E-state index contributed by atoms with van der Waals surface area (Å²) in [6.07, 6.45) is 5.02. The third-order valence-electron chi connectivity index (χ3n) is 6.08. The third kappa shape index (κ3) is 6.24. The van der Waals surface area contributed by atoms with Gasteiger partial charge < -0.3 is 15.0 Å². The number of ether oxygens (including phenoxy) is 1. The van der Waals surface area contributed by atoms with Crippen LogP contribution in [-0.4, -0.2) is 68.1 Å². The molecule has 0 bridgehead atoms. The van der Waals surface area contributed by atoms with Gasteiger partial charge >= 0.3 is 0 Å². The molecule has 7 heteroatoms. The highest BCUT2D eigenvalue weighted by atomic mass is 19.1. The van der Waals surface area contributed by atoms with Crippen LogP contribution in [0.5, 0.6) is 0 Å². The van der Waals surface area contributed by atoms with Gasteiger partial charge in [0.15, 0.2) is 0 Å². The summed E-state index contributed by atoms with van der Waals surface area (Å²) in [7, 11) is 1.67. The molecular weight excluding hydrogens is 373 g/mol. The zero-order valence-electron chi connectivity index (χ0n) is 17.2. The van der Waals surface area contributed by atoms with Gasteiger partial charge in [0.25, 0.3) is 0 Å². The molecular formula is C22H32FN3O3. The summed E-state index contributed by atoms with van der Waals surface area (Å²) in [5.74, 6) is 0.365. The molecule has 1 aromatic rings. The number of hydrogen-bond donors (Lipinski definition) is 1. The number of piperidine rings is 1. The highest BCUT2D eigenvalue weighted by molar-refractivity contribution is 5.92. The quantitative estimate of drug-likeness (QED) is 0.758. The van der Waals surface area contributed by atoms with Gasteiger partial charge in [0.1, 0.15) is 5.82 Å². The maximum absolute atomic E-state index is 13.0. The van der Waals surface area contributed by atoms with Crippen molar-refractivity contribution in [3.8, 4) is 0 Å². The smallest absolute Gasteiger partial charge is 0.238 e. The van der Waals surface area contributed by atoms with Gasteiger partial charge in [-0.15, -0.1) is 0 Å². The minimum Gasteiger partial charge on any atom is -0.383 e. The third-order valence-corrected chi connectivity index (χ3v) is 6.08. The minimum absolute atomic E-state index is 0.0914. The predicted molar refractivity (Wildman–Crippen MR) is 110 cm³/mol. The zero-order chi connectivity index (χ0) is 20.6. The molecule has 2 aliphatic heterocycles. The SMILES string of the molecule is COCCN1CCCCC(C2CCN(CC(=O)Nc3ccc(F)cc3)CC2)C1=O. The van der Waals surface area contributed by atoms with Crippen LogP contribution in [0.3, 0.4) is 0 Å². The number of likely N-dealkylation sites (tertiary alicyclic amines) is 2. The molecule has 0 radical (unpaired) electrons. The van der Waals surface area contributed by atoms with Crippen LogP contribution in [0.4, 0.5) is 10.1 Å². The number of anilines is 1. The van der Waals surface area contributed by atoms with Crippen molar-refractivity contribution in [2.45, 2.75) is 32.1 Å². The lowest BCUT2D eigenvalue weighted by molar-refractivity contribution is -0.138. The van der Waals surface area contributed by atoms with Crippen LogP contribution < -0.4 is 5.32 Å². The summed E-state index contributed by atoms with van der Waals surface area (Å²) in [4.78, 5) is 29.4. The van der Waals surface area contributed by atoms with Crippen LogP contribution in [-0.2, 0) is 14.3 Å². The van der Waals surface area contributed by atoms with Crippen molar-refractivity contribution in [2.24, 2.45) is 11.8 Å². The number of nitrogens with zero attached hydrogens (tertiary/aromatic N) is 2. The average molecular weight is 406 g/mol. The standard InChI is InChI=1S/C22H32FN3O3/c1-29-15-14-26-11-3-2-4-20(22(26)28)17-9-12-25(13-10-17)16-21(27)24-19-7-5-18(23)6-8-19/h5-8,17,20H,2-4,9-16H2,1H3,(H,24,27). The maximum Gasteiger partial charge on any atom is 0.238 e. The normalized spacial score (nSPS) is 21.8. The lowest BCUT2D eigenvalue weighted by Gasteiger charge is -2.36. The number of carbonyl (C=O) groups excluding carboxylic acids is 2. The molecule has 0 aliphatic carbocycles. The molecule has 1 atom stereocenters. The first-order chi connectivity index (χ1) is 14.1. The summed E-state index contributed by atoms with van der Waals surface area (Å²) < 4.78 is 18.1. The Kier molecular flexibility index (Phi) is 8.00. The second kappa shape index (κ2) is 10.7. The van der Waals surface area contributed by atoms with Crippen LogP contribution in [0.2, 0.25) is 0 Å². The first kappa shape index (κ1) is 21.7. The fourth-order valence-electron chi connectivity index (χ4n) is 4.45. The number of methoxy groups -OCH3 is 1. The fraction of sp³-hybridized carbons (Fsp3) is 0.636. The Morgan fingerprint density at radius 2 is 1.86 bits per heavy atom. The van der Waals surface area contributed by atoms with E-state index in [9.17, 15) is 14.0 Å². The number of carbonyl (C=O) groups is 2. The van der Waals surface area contributed by atoms with Crippen molar-refractivity contribution in [1.29, 1.82) is 0 Å². The van der Waals surface area contributed by atoms with E-state index in [4.69, 9.17) is 4.74 Å². The van der Waals surface area contributed by atoms with Crippen LogP contribution in [0.25, 0.3) is 0 Å². The molecule has 1 aromatic carbocycles. The monoisotopic (exact) mass is 405 g/mol. The van der Waals surface area contributed by atoms with Crippen LogP contribution in [0.15, 0.2) is 24.3 Å². The lowest BCUT2D eigenvalue weighted by atomic mass is 9.81. The second-order valence-electron chi connectivity index (χ2n) is 8.09. The Balaban J connectivity index is 1.47. The first-order valence-electron chi connectivity index (χ1n) is 10.6. The molecule has 6 nitrogen and oxygen atoms in total. The summed E-state index contributed by atoms with van der Waals surface area (Å²) in [6.45, 7) is 4.06. The Morgan fingerprint density at radius 1 is 1.14 bits per heavy atom. The van der Waals surface area contributed by atoms with Crippen molar-refractivity contribution >= 4 is 17.5 Å². The van der Waals surface area contributed by atoms with Crippen LogP contribution in [0.1, 0.15) is 32.1 Å². The van der Waals surface area contributed by atoms with Crippen molar-refractivity contribution < 1.29 is 18.7 Å². The van der Waals surface area contributed by atoms with Gasteiger partial charge in [0, 0.05) is 31.8 Å². The van der Waals surface area contributed by atoms with E-state index in [2.05, 4.69) is 10.2 Å². The summed E-state index contributed by atoms with van der Waals surface area (Å²) >= 11 is 0. The Hall–Kier alpha value is -1.99. The molecule has 0 aromatic heterocycles. The fourth-order valence-corrected chi connectivity index (χ4v) is 4.45. The molecule has 3 rings (SSSR count). The summed E-state index contributed by atoms with van der Waals surface area (Å²) in [6, 6.07) is 5.79.